The Hall–Kier alpha value is -1.49. The molecule has 1 aromatic heterocycles. The zero-order chi connectivity index (χ0) is 11.0. The van der Waals surface area contributed by atoms with Gasteiger partial charge in [-0.2, -0.15) is 4.39 Å². The second-order valence-corrected chi connectivity index (χ2v) is 2.44. The number of carbonyl (C=O) groups excluding carboxylic acids is 1. The van der Waals surface area contributed by atoms with Crippen molar-refractivity contribution in [3.05, 3.63) is 24.3 Å². The van der Waals surface area contributed by atoms with Crippen LogP contribution in [0.15, 0.2) is 18.3 Å². The van der Waals surface area contributed by atoms with Crippen LogP contribution < -0.4 is 5.73 Å². The summed E-state index contributed by atoms with van der Waals surface area (Å²) in [6, 6.07) is 2.33. The van der Waals surface area contributed by atoms with Gasteiger partial charge in [0.2, 0.25) is 5.95 Å². The van der Waals surface area contributed by atoms with E-state index in [1.165, 1.54) is 6.07 Å². The van der Waals surface area contributed by atoms with E-state index in [9.17, 15) is 9.18 Å². The molecule has 0 atom stereocenters. The number of hydrogen-bond donors (Lipinski definition) is 2. The predicted molar refractivity (Wildman–Crippen MR) is 50.2 cm³/mol. The molecule has 0 radical (unpaired) electrons. The van der Waals surface area contributed by atoms with E-state index in [-0.39, 0.29) is 18.1 Å². The summed E-state index contributed by atoms with van der Waals surface area (Å²) in [7, 11) is 0. The Morgan fingerprint density at radius 3 is 2.50 bits per heavy atom. The summed E-state index contributed by atoms with van der Waals surface area (Å²) >= 11 is 0. The molecule has 0 fully saturated rings. The first kappa shape index (κ1) is 12.5. The molecule has 1 heterocycles. The fourth-order valence-electron chi connectivity index (χ4n) is 0.512. The van der Waals surface area contributed by atoms with Crippen LogP contribution in [0.5, 0.6) is 5.75 Å². The van der Waals surface area contributed by atoms with Crippen molar-refractivity contribution in [2.45, 2.75) is 13.3 Å². The van der Waals surface area contributed by atoms with Gasteiger partial charge >= 0.3 is 0 Å². The number of halogens is 1. The number of rotatable bonds is 2. The van der Waals surface area contributed by atoms with Gasteiger partial charge in [0.1, 0.15) is 11.5 Å². The Labute approximate surface area is 81.6 Å². The van der Waals surface area contributed by atoms with Gasteiger partial charge in [0.05, 0.1) is 12.7 Å². The lowest BCUT2D eigenvalue weighted by Crippen LogP contribution is -2.11. The van der Waals surface area contributed by atoms with E-state index in [4.69, 9.17) is 10.8 Å². The summed E-state index contributed by atoms with van der Waals surface area (Å²) < 4.78 is 11.9. The van der Waals surface area contributed by atoms with Gasteiger partial charge in [-0.15, -0.1) is 0 Å². The average molecular weight is 200 g/mol. The van der Waals surface area contributed by atoms with E-state index >= 15 is 0 Å². The average Bonchev–Trinajstić information content (AvgIpc) is 2.22. The molecule has 0 unspecified atom stereocenters. The van der Waals surface area contributed by atoms with Crippen molar-refractivity contribution in [2.75, 3.05) is 6.54 Å². The van der Waals surface area contributed by atoms with Crippen LogP contribution in [0.3, 0.4) is 0 Å². The van der Waals surface area contributed by atoms with Crippen LogP contribution in [0.4, 0.5) is 4.39 Å². The molecule has 14 heavy (non-hydrogen) atoms. The first-order valence-electron chi connectivity index (χ1n) is 4.12. The van der Waals surface area contributed by atoms with E-state index in [1.54, 1.807) is 6.92 Å². The SMILES string of the molecule is CCC(=O)CN.Oc1ccc(F)nc1. The maximum absolute atomic E-state index is 11.9. The van der Waals surface area contributed by atoms with Crippen LogP contribution in [0.2, 0.25) is 0 Å². The first-order valence-corrected chi connectivity index (χ1v) is 4.12. The fourth-order valence-corrected chi connectivity index (χ4v) is 0.512. The number of carbonyl (C=O) groups is 1. The molecule has 0 bridgehead atoms. The smallest absolute Gasteiger partial charge is 0.213 e. The van der Waals surface area contributed by atoms with Crippen molar-refractivity contribution in [3.8, 4) is 5.75 Å². The van der Waals surface area contributed by atoms with Crippen molar-refractivity contribution >= 4 is 5.78 Å². The summed E-state index contributed by atoms with van der Waals surface area (Å²) in [6.45, 7) is 1.99. The number of ketones is 1. The maximum Gasteiger partial charge on any atom is 0.213 e. The lowest BCUT2D eigenvalue weighted by molar-refractivity contribution is -0.117. The third-order valence-electron chi connectivity index (χ3n) is 1.33. The van der Waals surface area contributed by atoms with Gasteiger partial charge in [-0.1, -0.05) is 6.92 Å². The van der Waals surface area contributed by atoms with Gasteiger partial charge in [-0.05, 0) is 12.1 Å². The minimum Gasteiger partial charge on any atom is -0.506 e. The standard InChI is InChI=1S/C5H4FNO.C4H9NO/c6-5-2-1-4(8)3-7-5;1-2-4(6)3-5/h1-3,8H;2-3,5H2,1H3. The van der Waals surface area contributed by atoms with Gasteiger partial charge in [0, 0.05) is 6.42 Å². The number of nitrogens with two attached hydrogens (primary N) is 1. The van der Waals surface area contributed by atoms with Crippen LogP contribution in [0.25, 0.3) is 0 Å². The zero-order valence-corrected chi connectivity index (χ0v) is 7.90. The van der Waals surface area contributed by atoms with Gasteiger partial charge in [-0.3, -0.25) is 4.79 Å². The highest BCUT2D eigenvalue weighted by Gasteiger charge is 1.87. The molecule has 0 aromatic carbocycles. The summed E-state index contributed by atoms with van der Waals surface area (Å²) in [6.07, 6.45) is 1.62. The van der Waals surface area contributed by atoms with E-state index in [0.29, 0.717) is 6.42 Å². The highest BCUT2D eigenvalue weighted by molar-refractivity contribution is 5.79. The molecule has 78 valence electrons. The molecule has 5 heteroatoms. The molecule has 0 aliphatic rings. The zero-order valence-electron chi connectivity index (χ0n) is 7.90. The molecular weight excluding hydrogens is 187 g/mol. The molecule has 1 rings (SSSR count). The lowest BCUT2D eigenvalue weighted by atomic mass is 10.3. The normalized spacial score (nSPS) is 8.79. The van der Waals surface area contributed by atoms with Crippen LogP contribution >= 0.6 is 0 Å². The summed E-state index contributed by atoms with van der Waals surface area (Å²) in [4.78, 5) is 13.2. The van der Waals surface area contributed by atoms with E-state index < -0.39 is 5.95 Å². The monoisotopic (exact) mass is 200 g/mol. The van der Waals surface area contributed by atoms with Crippen LogP contribution in [0.1, 0.15) is 13.3 Å². The molecule has 0 aliphatic heterocycles. The highest BCUT2D eigenvalue weighted by Crippen LogP contribution is 2.03. The summed E-state index contributed by atoms with van der Waals surface area (Å²) in [5.41, 5.74) is 4.93. The van der Waals surface area contributed by atoms with Gasteiger partial charge in [0.15, 0.2) is 0 Å². The molecule has 0 spiro atoms. The molecular formula is C9H13FN2O2. The van der Waals surface area contributed by atoms with Crippen molar-refractivity contribution in [3.63, 3.8) is 0 Å². The quantitative estimate of drug-likeness (QED) is 0.694. The maximum atomic E-state index is 11.9. The van der Waals surface area contributed by atoms with Crippen molar-refractivity contribution in [1.29, 1.82) is 0 Å². The Balaban J connectivity index is 0.000000255. The predicted octanol–water partition coefficient (Wildman–Crippen LogP) is 0.851. The second kappa shape index (κ2) is 6.97. The molecule has 0 saturated carbocycles. The lowest BCUT2D eigenvalue weighted by Gasteiger charge is -1.85. The Morgan fingerprint density at radius 1 is 1.64 bits per heavy atom. The highest BCUT2D eigenvalue weighted by atomic mass is 19.1. The summed E-state index contributed by atoms with van der Waals surface area (Å²) in [5.74, 6) is -0.482. The number of hydrogen-bond acceptors (Lipinski definition) is 4. The minimum absolute atomic E-state index is 0.0219. The van der Waals surface area contributed by atoms with Crippen LogP contribution in [-0.4, -0.2) is 22.4 Å². The van der Waals surface area contributed by atoms with E-state index in [0.717, 1.165) is 12.3 Å². The molecule has 0 aliphatic carbocycles. The minimum atomic E-state index is -0.581. The molecule has 0 amide bonds. The Morgan fingerprint density at radius 2 is 2.29 bits per heavy atom. The van der Waals surface area contributed by atoms with Crippen LogP contribution in [-0.2, 0) is 4.79 Å². The largest absolute Gasteiger partial charge is 0.506 e. The Bertz CT molecular complexity index is 248. The number of Topliss-reactive ketones (excluding diaryl/α,β-unsaturated/α-hetero) is 1. The third kappa shape index (κ3) is 6.07. The van der Waals surface area contributed by atoms with E-state index in [1.807, 2.05) is 0 Å². The van der Waals surface area contributed by atoms with Gasteiger partial charge < -0.3 is 10.8 Å². The first-order chi connectivity index (χ1) is 6.60. The topological polar surface area (TPSA) is 76.2 Å². The van der Waals surface area contributed by atoms with Gasteiger partial charge in [-0.25, -0.2) is 4.98 Å². The molecule has 0 saturated heterocycles. The van der Waals surface area contributed by atoms with Gasteiger partial charge in [0.25, 0.3) is 0 Å². The van der Waals surface area contributed by atoms with Crippen molar-refractivity contribution in [2.24, 2.45) is 5.73 Å². The molecule has 4 nitrogen and oxygen atoms in total. The molecule has 3 N–H and O–H groups in total. The number of aromatic hydroxyl groups is 1. The van der Waals surface area contributed by atoms with Crippen molar-refractivity contribution in [1.82, 2.24) is 4.98 Å². The van der Waals surface area contributed by atoms with Crippen molar-refractivity contribution < 1.29 is 14.3 Å². The molecule has 1 aromatic rings. The second-order valence-electron chi connectivity index (χ2n) is 2.44. The number of pyridine rings is 1. The summed E-state index contributed by atoms with van der Waals surface area (Å²) in [5, 5.41) is 8.53. The van der Waals surface area contributed by atoms with E-state index in [2.05, 4.69) is 4.98 Å². The number of aromatic nitrogens is 1. The fraction of sp³-hybridized carbons (Fsp3) is 0.333. The number of nitrogens with zero attached hydrogens (tertiary/aromatic N) is 1. The third-order valence-corrected chi connectivity index (χ3v) is 1.33. The van der Waals surface area contributed by atoms with Crippen LogP contribution in [0, 0.1) is 5.95 Å². The Kier molecular flexibility index (Phi) is 6.22.